The molecule has 1 aliphatic heterocycles. The van der Waals surface area contributed by atoms with E-state index in [1.165, 1.54) is 0 Å². The summed E-state index contributed by atoms with van der Waals surface area (Å²) in [7, 11) is 0. The van der Waals surface area contributed by atoms with Gasteiger partial charge < -0.3 is 15.7 Å². The zero-order chi connectivity index (χ0) is 15.0. The van der Waals surface area contributed by atoms with Gasteiger partial charge in [-0.25, -0.2) is 0 Å². The van der Waals surface area contributed by atoms with Crippen molar-refractivity contribution in [2.75, 3.05) is 6.54 Å². The second kappa shape index (κ2) is 5.06. The molecule has 1 unspecified atom stereocenters. The van der Waals surface area contributed by atoms with Crippen molar-refractivity contribution in [1.82, 2.24) is 4.90 Å². The fourth-order valence-corrected chi connectivity index (χ4v) is 2.69. The summed E-state index contributed by atoms with van der Waals surface area (Å²) in [5.74, 6) is 0.188. The Morgan fingerprint density at radius 1 is 1.37 bits per heavy atom. The SMILES string of the molecule is CC(C)CC1(C)C(O)=C(N)C(=O)N1CCC(C)(C)C. The van der Waals surface area contributed by atoms with E-state index < -0.39 is 5.54 Å². The van der Waals surface area contributed by atoms with E-state index >= 15 is 0 Å². The Balaban J connectivity index is 2.98. The Labute approximate surface area is 116 Å². The molecule has 0 radical (unpaired) electrons. The highest BCUT2D eigenvalue weighted by atomic mass is 16.3. The molecule has 3 N–H and O–H groups in total. The van der Waals surface area contributed by atoms with Crippen molar-refractivity contribution in [3.63, 3.8) is 0 Å². The molecule has 0 aromatic heterocycles. The highest BCUT2D eigenvalue weighted by Gasteiger charge is 2.48. The van der Waals surface area contributed by atoms with Crippen molar-refractivity contribution in [3.05, 3.63) is 11.5 Å². The van der Waals surface area contributed by atoms with Crippen LogP contribution in [-0.2, 0) is 4.79 Å². The van der Waals surface area contributed by atoms with E-state index in [-0.39, 0.29) is 22.8 Å². The number of hydrogen-bond donors (Lipinski definition) is 2. The van der Waals surface area contributed by atoms with Gasteiger partial charge >= 0.3 is 0 Å². The third-order valence-corrected chi connectivity index (χ3v) is 3.73. The fraction of sp³-hybridized carbons (Fsp3) is 0.800. The summed E-state index contributed by atoms with van der Waals surface area (Å²) in [6.07, 6.45) is 1.60. The Kier molecular flexibility index (Phi) is 4.23. The Hall–Kier alpha value is -1.19. The first kappa shape index (κ1) is 15.9. The number of rotatable bonds is 4. The van der Waals surface area contributed by atoms with Gasteiger partial charge in [0, 0.05) is 6.54 Å². The third-order valence-electron chi connectivity index (χ3n) is 3.73. The number of aliphatic hydroxyl groups is 1. The Bertz CT molecular complexity index is 393. The van der Waals surface area contributed by atoms with E-state index in [0.717, 1.165) is 12.8 Å². The van der Waals surface area contributed by atoms with Gasteiger partial charge in [0.2, 0.25) is 0 Å². The number of aliphatic hydroxyl groups excluding tert-OH is 1. The molecule has 0 aromatic rings. The van der Waals surface area contributed by atoms with Gasteiger partial charge in [-0.1, -0.05) is 34.6 Å². The van der Waals surface area contributed by atoms with Crippen LogP contribution in [0.15, 0.2) is 11.5 Å². The van der Waals surface area contributed by atoms with E-state index in [0.29, 0.717) is 12.5 Å². The van der Waals surface area contributed by atoms with Crippen LogP contribution in [0, 0.1) is 11.3 Å². The summed E-state index contributed by atoms with van der Waals surface area (Å²) in [6, 6.07) is 0. The van der Waals surface area contributed by atoms with Crippen LogP contribution in [0.3, 0.4) is 0 Å². The zero-order valence-electron chi connectivity index (χ0n) is 13.1. The molecule has 0 saturated carbocycles. The number of hydrogen-bond acceptors (Lipinski definition) is 3. The lowest BCUT2D eigenvalue weighted by Gasteiger charge is -2.38. The summed E-state index contributed by atoms with van der Waals surface area (Å²) in [4.78, 5) is 14.0. The quantitative estimate of drug-likeness (QED) is 0.824. The minimum absolute atomic E-state index is 0.0112. The maximum Gasteiger partial charge on any atom is 0.274 e. The van der Waals surface area contributed by atoms with E-state index in [2.05, 4.69) is 34.6 Å². The second-order valence-corrected chi connectivity index (χ2v) is 7.40. The van der Waals surface area contributed by atoms with Crippen LogP contribution in [0.1, 0.15) is 54.4 Å². The van der Waals surface area contributed by atoms with Gasteiger partial charge in [-0.15, -0.1) is 0 Å². The predicted octanol–water partition coefficient (Wildman–Crippen LogP) is 2.80. The van der Waals surface area contributed by atoms with Gasteiger partial charge in [-0.05, 0) is 31.1 Å². The topological polar surface area (TPSA) is 66.6 Å². The van der Waals surface area contributed by atoms with Crippen LogP contribution >= 0.6 is 0 Å². The van der Waals surface area contributed by atoms with Crippen LogP contribution in [-0.4, -0.2) is 28.0 Å². The van der Waals surface area contributed by atoms with Gasteiger partial charge in [0.05, 0.1) is 5.54 Å². The monoisotopic (exact) mass is 268 g/mol. The smallest absolute Gasteiger partial charge is 0.274 e. The third kappa shape index (κ3) is 3.23. The van der Waals surface area contributed by atoms with Gasteiger partial charge in [-0.3, -0.25) is 4.79 Å². The van der Waals surface area contributed by atoms with E-state index in [9.17, 15) is 9.90 Å². The Morgan fingerprint density at radius 2 is 1.89 bits per heavy atom. The van der Waals surface area contributed by atoms with Crippen molar-refractivity contribution >= 4 is 5.91 Å². The molecule has 1 amide bonds. The molecule has 1 atom stereocenters. The van der Waals surface area contributed by atoms with Crippen LogP contribution in [0.2, 0.25) is 0 Å². The average Bonchev–Trinajstić information content (AvgIpc) is 2.37. The van der Waals surface area contributed by atoms with Crippen LogP contribution in [0.5, 0.6) is 0 Å². The summed E-state index contributed by atoms with van der Waals surface area (Å²) < 4.78 is 0. The number of nitrogens with zero attached hydrogens (tertiary/aromatic N) is 1. The second-order valence-electron chi connectivity index (χ2n) is 7.40. The zero-order valence-corrected chi connectivity index (χ0v) is 13.1. The molecule has 0 aliphatic carbocycles. The molecule has 0 bridgehead atoms. The number of carbonyl (C=O) groups is 1. The highest BCUT2D eigenvalue weighted by Crippen LogP contribution is 2.38. The van der Waals surface area contributed by atoms with Gasteiger partial charge in [0.25, 0.3) is 5.91 Å². The first-order valence-corrected chi connectivity index (χ1v) is 7.00. The number of carbonyl (C=O) groups excluding carboxylic acids is 1. The lowest BCUT2D eigenvalue weighted by Crippen LogP contribution is -2.48. The van der Waals surface area contributed by atoms with Gasteiger partial charge in [0.1, 0.15) is 11.5 Å². The van der Waals surface area contributed by atoms with Crippen molar-refractivity contribution in [2.45, 2.75) is 59.9 Å². The number of amides is 1. The van der Waals surface area contributed by atoms with Crippen molar-refractivity contribution < 1.29 is 9.90 Å². The number of nitrogens with two attached hydrogens (primary N) is 1. The molecular formula is C15H28N2O2. The lowest BCUT2D eigenvalue weighted by molar-refractivity contribution is -0.130. The van der Waals surface area contributed by atoms with E-state index in [1.807, 2.05) is 6.92 Å². The minimum Gasteiger partial charge on any atom is -0.507 e. The molecule has 19 heavy (non-hydrogen) atoms. The molecule has 0 spiro atoms. The summed E-state index contributed by atoms with van der Waals surface area (Å²) in [5, 5.41) is 10.2. The van der Waals surface area contributed by atoms with E-state index in [4.69, 9.17) is 5.73 Å². The maximum atomic E-state index is 12.2. The summed E-state index contributed by atoms with van der Waals surface area (Å²) >= 11 is 0. The molecule has 0 aromatic carbocycles. The molecule has 1 heterocycles. The largest absolute Gasteiger partial charge is 0.507 e. The Morgan fingerprint density at radius 3 is 2.32 bits per heavy atom. The van der Waals surface area contributed by atoms with Crippen molar-refractivity contribution in [3.8, 4) is 0 Å². The lowest BCUT2D eigenvalue weighted by atomic mass is 9.87. The minimum atomic E-state index is -0.652. The standard InChI is InChI=1S/C15H28N2O2/c1-10(2)9-15(6)12(18)11(16)13(19)17(15)8-7-14(3,4)5/h10,18H,7-9,16H2,1-6H3. The molecule has 4 nitrogen and oxygen atoms in total. The van der Waals surface area contributed by atoms with Crippen LogP contribution < -0.4 is 5.73 Å². The fourth-order valence-electron chi connectivity index (χ4n) is 2.69. The molecular weight excluding hydrogens is 240 g/mol. The molecule has 0 saturated heterocycles. The van der Waals surface area contributed by atoms with Gasteiger partial charge in [0.15, 0.2) is 0 Å². The summed E-state index contributed by atoms with van der Waals surface area (Å²) in [5.41, 5.74) is 5.25. The molecule has 110 valence electrons. The van der Waals surface area contributed by atoms with Crippen molar-refractivity contribution in [2.24, 2.45) is 17.1 Å². The van der Waals surface area contributed by atoms with Crippen molar-refractivity contribution in [1.29, 1.82) is 0 Å². The maximum absolute atomic E-state index is 12.2. The first-order chi connectivity index (χ1) is 8.49. The van der Waals surface area contributed by atoms with Gasteiger partial charge in [-0.2, -0.15) is 0 Å². The van der Waals surface area contributed by atoms with Crippen LogP contribution in [0.25, 0.3) is 0 Å². The molecule has 0 fully saturated rings. The van der Waals surface area contributed by atoms with Crippen LogP contribution in [0.4, 0.5) is 0 Å². The predicted molar refractivity (Wildman–Crippen MR) is 77.5 cm³/mol. The molecule has 1 aliphatic rings. The highest BCUT2D eigenvalue weighted by molar-refractivity contribution is 5.97. The average molecular weight is 268 g/mol. The van der Waals surface area contributed by atoms with E-state index in [1.54, 1.807) is 4.90 Å². The summed E-state index contributed by atoms with van der Waals surface area (Å²) in [6.45, 7) is 13.1. The molecule has 4 heteroatoms. The normalized spacial score (nSPS) is 24.8. The first-order valence-electron chi connectivity index (χ1n) is 7.00. The molecule has 1 rings (SSSR count).